The van der Waals surface area contributed by atoms with Gasteiger partial charge in [0.15, 0.2) is 0 Å². The highest BCUT2D eigenvalue weighted by Crippen LogP contribution is 2.20. The van der Waals surface area contributed by atoms with E-state index in [2.05, 4.69) is 21.1 Å². The summed E-state index contributed by atoms with van der Waals surface area (Å²) in [5.41, 5.74) is 6.82. The zero-order valence-corrected chi connectivity index (χ0v) is 18.4. The van der Waals surface area contributed by atoms with Crippen LogP contribution in [-0.2, 0) is 9.59 Å². The van der Waals surface area contributed by atoms with E-state index in [1.54, 1.807) is 52.0 Å². The highest BCUT2D eigenvalue weighted by molar-refractivity contribution is 6.02. The summed E-state index contributed by atoms with van der Waals surface area (Å²) in [5.74, 6) is -1.43. The number of aryl methyl sites for hydroxylation is 2. The highest BCUT2D eigenvalue weighted by atomic mass is 16.6. The van der Waals surface area contributed by atoms with Gasteiger partial charge in [-0.2, -0.15) is 10.2 Å². The van der Waals surface area contributed by atoms with Crippen molar-refractivity contribution in [1.82, 2.24) is 10.9 Å². The number of nitro benzene ring substituents is 2. The lowest BCUT2D eigenvalue weighted by atomic mass is 10.1. The SMILES string of the molecule is C/C(=N/NC(=O)CC(=O)N/N=C(\C)c1ccc(C)c([N+](=O)[O-])c1)c1ccc(C)c([N+](=O)[O-])c1. The molecule has 2 amide bonds. The molecule has 172 valence electrons. The predicted molar refractivity (Wildman–Crippen MR) is 121 cm³/mol. The van der Waals surface area contributed by atoms with E-state index in [9.17, 15) is 29.8 Å². The second-order valence-electron chi connectivity index (χ2n) is 7.16. The molecule has 0 unspecified atom stereocenters. The second kappa shape index (κ2) is 10.7. The van der Waals surface area contributed by atoms with Crippen LogP contribution in [0.5, 0.6) is 0 Å². The van der Waals surface area contributed by atoms with Gasteiger partial charge < -0.3 is 0 Å². The summed E-state index contributed by atoms with van der Waals surface area (Å²) in [4.78, 5) is 45.1. The number of nitro groups is 2. The molecule has 2 aromatic rings. The quantitative estimate of drug-likeness (QED) is 0.269. The van der Waals surface area contributed by atoms with Crippen LogP contribution in [0.4, 0.5) is 11.4 Å². The number of carbonyl (C=O) groups is 2. The van der Waals surface area contributed by atoms with Crippen molar-refractivity contribution in [3.8, 4) is 0 Å². The Balaban J connectivity index is 1.97. The van der Waals surface area contributed by atoms with Gasteiger partial charge in [0.2, 0.25) is 11.8 Å². The fraction of sp³-hybridized carbons (Fsp3) is 0.238. The third kappa shape index (κ3) is 6.75. The van der Waals surface area contributed by atoms with Gasteiger partial charge in [-0.3, -0.25) is 29.8 Å². The van der Waals surface area contributed by atoms with Crippen LogP contribution in [0.1, 0.15) is 42.5 Å². The number of carbonyl (C=O) groups excluding carboxylic acids is 2. The van der Waals surface area contributed by atoms with Crippen molar-refractivity contribution < 1.29 is 19.4 Å². The molecule has 12 nitrogen and oxygen atoms in total. The first-order chi connectivity index (χ1) is 15.5. The van der Waals surface area contributed by atoms with Crippen molar-refractivity contribution in [3.63, 3.8) is 0 Å². The maximum absolute atomic E-state index is 12.0. The summed E-state index contributed by atoms with van der Waals surface area (Å²) in [5, 5.41) is 29.9. The molecule has 0 aliphatic carbocycles. The van der Waals surface area contributed by atoms with Gasteiger partial charge in [0.1, 0.15) is 6.42 Å². The van der Waals surface area contributed by atoms with Gasteiger partial charge in [0, 0.05) is 34.4 Å². The average Bonchev–Trinajstić information content (AvgIpc) is 2.76. The molecule has 12 heteroatoms. The van der Waals surface area contributed by atoms with Crippen molar-refractivity contribution in [2.45, 2.75) is 34.1 Å². The first kappa shape index (κ1) is 24.8. The first-order valence-electron chi connectivity index (χ1n) is 9.66. The molecule has 0 heterocycles. The molecule has 0 atom stereocenters. The Kier molecular flexibility index (Phi) is 8.04. The van der Waals surface area contributed by atoms with Crippen LogP contribution >= 0.6 is 0 Å². The van der Waals surface area contributed by atoms with Crippen molar-refractivity contribution in [2.24, 2.45) is 10.2 Å². The number of hydrogen-bond acceptors (Lipinski definition) is 8. The van der Waals surface area contributed by atoms with Crippen molar-refractivity contribution in [2.75, 3.05) is 0 Å². The fourth-order valence-electron chi connectivity index (χ4n) is 2.71. The molecule has 0 radical (unpaired) electrons. The van der Waals surface area contributed by atoms with E-state index in [1.807, 2.05) is 0 Å². The van der Waals surface area contributed by atoms with Crippen molar-refractivity contribution >= 4 is 34.6 Å². The molecule has 0 saturated carbocycles. The van der Waals surface area contributed by atoms with Gasteiger partial charge in [-0.05, 0) is 27.7 Å². The number of nitrogens with one attached hydrogen (secondary N) is 2. The Morgan fingerprint density at radius 1 is 0.788 bits per heavy atom. The number of rotatable bonds is 8. The average molecular weight is 454 g/mol. The minimum atomic E-state index is -0.715. The van der Waals surface area contributed by atoms with E-state index in [-0.39, 0.29) is 11.4 Å². The minimum absolute atomic E-state index is 0.0695. The summed E-state index contributed by atoms with van der Waals surface area (Å²) in [6.07, 6.45) is -0.574. The third-order valence-corrected chi connectivity index (χ3v) is 4.66. The Hall–Kier alpha value is -4.48. The van der Waals surface area contributed by atoms with E-state index in [4.69, 9.17) is 0 Å². The largest absolute Gasteiger partial charge is 0.273 e. The van der Waals surface area contributed by atoms with Crippen molar-refractivity contribution in [3.05, 3.63) is 78.9 Å². The molecule has 2 N–H and O–H groups in total. The number of benzene rings is 2. The molecule has 0 spiro atoms. The molecule has 0 saturated heterocycles. The molecular formula is C21H22N6O6. The summed E-state index contributed by atoms with van der Waals surface area (Å²) >= 11 is 0. The number of hydrogen-bond donors (Lipinski definition) is 2. The normalized spacial score (nSPS) is 11.6. The Labute approximate surface area is 188 Å². The van der Waals surface area contributed by atoms with Gasteiger partial charge >= 0.3 is 0 Å². The zero-order chi connectivity index (χ0) is 24.7. The molecule has 0 aliphatic heterocycles. The van der Waals surface area contributed by atoms with E-state index >= 15 is 0 Å². The van der Waals surface area contributed by atoms with E-state index in [0.29, 0.717) is 33.7 Å². The summed E-state index contributed by atoms with van der Waals surface area (Å²) < 4.78 is 0. The van der Waals surface area contributed by atoms with Gasteiger partial charge in [-0.1, -0.05) is 24.3 Å². The molecular weight excluding hydrogens is 432 g/mol. The van der Waals surface area contributed by atoms with Gasteiger partial charge in [0.05, 0.1) is 21.3 Å². The van der Waals surface area contributed by atoms with Crippen LogP contribution in [0, 0.1) is 34.1 Å². The lowest BCUT2D eigenvalue weighted by molar-refractivity contribution is -0.385. The van der Waals surface area contributed by atoms with E-state index in [1.165, 1.54) is 12.1 Å². The lowest BCUT2D eigenvalue weighted by Crippen LogP contribution is -2.28. The molecule has 0 bridgehead atoms. The van der Waals surface area contributed by atoms with Crippen LogP contribution in [0.3, 0.4) is 0 Å². The standard InChI is InChI=1S/C21H22N6O6/c1-12-5-7-16(9-18(12)26(30)31)14(3)22-24-20(28)11-21(29)25-23-15(4)17-8-6-13(2)19(10-17)27(32)33/h5-10H,11H2,1-4H3,(H,24,28)(H,25,29)/b22-14-,23-15+. The van der Waals surface area contributed by atoms with Gasteiger partial charge in [-0.25, -0.2) is 10.9 Å². The smallest absolute Gasteiger partial charge is 0.272 e. The molecule has 0 fully saturated rings. The lowest BCUT2D eigenvalue weighted by Gasteiger charge is -2.05. The van der Waals surface area contributed by atoms with Crippen LogP contribution in [-0.4, -0.2) is 33.1 Å². The molecule has 0 aliphatic rings. The minimum Gasteiger partial charge on any atom is -0.273 e. The maximum atomic E-state index is 12.0. The van der Waals surface area contributed by atoms with E-state index < -0.39 is 28.1 Å². The Morgan fingerprint density at radius 3 is 1.48 bits per heavy atom. The van der Waals surface area contributed by atoms with Gasteiger partial charge in [-0.15, -0.1) is 0 Å². The van der Waals surface area contributed by atoms with Gasteiger partial charge in [0.25, 0.3) is 11.4 Å². The molecule has 0 aromatic heterocycles. The Morgan fingerprint density at radius 2 is 1.15 bits per heavy atom. The number of amides is 2. The summed E-state index contributed by atoms with van der Waals surface area (Å²) in [6.45, 7) is 6.34. The summed E-state index contributed by atoms with van der Waals surface area (Å²) in [7, 11) is 0. The second-order valence-corrected chi connectivity index (χ2v) is 7.16. The zero-order valence-electron chi connectivity index (χ0n) is 18.4. The van der Waals surface area contributed by atoms with Crippen LogP contribution in [0.2, 0.25) is 0 Å². The topological polar surface area (TPSA) is 169 Å². The number of hydrazone groups is 2. The molecule has 2 aromatic carbocycles. The van der Waals surface area contributed by atoms with Crippen LogP contribution in [0.25, 0.3) is 0 Å². The third-order valence-electron chi connectivity index (χ3n) is 4.66. The summed E-state index contributed by atoms with van der Waals surface area (Å²) in [6, 6.07) is 9.11. The predicted octanol–water partition coefficient (Wildman–Crippen LogP) is 2.89. The number of nitrogens with zero attached hydrogens (tertiary/aromatic N) is 4. The van der Waals surface area contributed by atoms with Crippen LogP contribution < -0.4 is 10.9 Å². The highest BCUT2D eigenvalue weighted by Gasteiger charge is 2.14. The van der Waals surface area contributed by atoms with E-state index in [0.717, 1.165) is 0 Å². The fourth-order valence-corrected chi connectivity index (χ4v) is 2.71. The first-order valence-corrected chi connectivity index (χ1v) is 9.66. The Bertz CT molecular complexity index is 1100. The maximum Gasteiger partial charge on any atom is 0.272 e. The molecule has 2 rings (SSSR count). The monoisotopic (exact) mass is 454 g/mol. The molecule has 33 heavy (non-hydrogen) atoms. The van der Waals surface area contributed by atoms with Crippen molar-refractivity contribution in [1.29, 1.82) is 0 Å². The van der Waals surface area contributed by atoms with Crippen LogP contribution in [0.15, 0.2) is 46.6 Å².